The fourth-order valence-corrected chi connectivity index (χ4v) is 6.56. The number of aliphatic hydroxyl groups is 1. The van der Waals surface area contributed by atoms with Crippen LogP contribution in [0.4, 0.5) is 17.5 Å². The van der Waals surface area contributed by atoms with Gasteiger partial charge in [0, 0.05) is 57.2 Å². The molecule has 2 aromatic rings. The molecule has 41 heavy (non-hydrogen) atoms. The van der Waals surface area contributed by atoms with E-state index in [1.807, 2.05) is 0 Å². The maximum Gasteiger partial charge on any atom is 0.260 e. The van der Waals surface area contributed by atoms with Crippen molar-refractivity contribution in [2.24, 2.45) is 0 Å². The van der Waals surface area contributed by atoms with Crippen LogP contribution in [0.15, 0.2) is 35.4 Å². The number of ether oxygens (including phenoxy) is 2. The Kier molecular flexibility index (Phi) is 10.0. The smallest absolute Gasteiger partial charge is 0.260 e. The fourth-order valence-electron chi connectivity index (χ4n) is 5.15. The van der Waals surface area contributed by atoms with Crippen molar-refractivity contribution in [2.45, 2.75) is 42.7 Å². The number of anilines is 3. The molecule has 224 valence electrons. The average Bonchev–Trinajstić information content (AvgIpc) is 3.00. The van der Waals surface area contributed by atoms with Crippen LogP contribution in [0.5, 0.6) is 0 Å². The maximum atomic E-state index is 13.3. The van der Waals surface area contributed by atoms with Gasteiger partial charge in [-0.25, -0.2) is 13.4 Å². The lowest BCUT2D eigenvalue weighted by molar-refractivity contribution is 0.0398. The SMILES string of the molecule is O=C(Nc1ccc(S(=O)(=O)N2CCOCC2)cc1)c1cnc(NCCN2CCOCC2)nc1NC1CCC(O)CC1. The molecule has 3 aliphatic rings. The Morgan fingerprint density at radius 3 is 2.32 bits per heavy atom. The molecule has 2 saturated heterocycles. The van der Waals surface area contributed by atoms with Gasteiger partial charge >= 0.3 is 0 Å². The number of sulfonamides is 1. The molecule has 0 radical (unpaired) electrons. The predicted molar refractivity (Wildman–Crippen MR) is 154 cm³/mol. The first-order valence-electron chi connectivity index (χ1n) is 14.2. The second-order valence-electron chi connectivity index (χ2n) is 10.5. The average molecular weight is 590 g/mol. The van der Waals surface area contributed by atoms with E-state index in [1.165, 1.54) is 22.6 Å². The first-order chi connectivity index (χ1) is 19.9. The summed E-state index contributed by atoms with van der Waals surface area (Å²) in [6.07, 6.45) is 4.12. The quantitative estimate of drug-likeness (QED) is 0.316. The van der Waals surface area contributed by atoms with Crippen LogP contribution in [0, 0.1) is 0 Å². The van der Waals surface area contributed by atoms with Crippen molar-refractivity contribution in [1.82, 2.24) is 19.2 Å². The van der Waals surface area contributed by atoms with Crippen molar-refractivity contribution in [1.29, 1.82) is 0 Å². The van der Waals surface area contributed by atoms with Crippen molar-refractivity contribution in [3.05, 3.63) is 36.0 Å². The molecule has 14 heteroatoms. The Balaban J connectivity index is 1.26. The van der Waals surface area contributed by atoms with E-state index in [-0.39, 0.29) is 22.6 Å². The Morgan fingerprint density at radius 1 is 0.976 bits per heavy atom. The van der Waals surface area contributed by atoms with Gasteiger partial charge < -0.3 is 30.5 Å². The Hall–Kier alpha value is -2.88. The van der Waals surface area contributed by atoms with Crippen molar-refractivity contribution in [3.63, 3.8) is 0 Å². The molecule has 3 heterocycles. The highest BCUT2D eigenvalue weighted by atomic mass is 32.2. The van der Waals surface area contributed by atoms with Crippen LogP contribution in [0.3, 0.4) is 0 Å². The zero-order chi connectivity index (χ0) is 28.7. The molecule has 0 bridgehead atoms. The molecule has 0 spiro atoms. The van der Waals surface area contributed by atoms with Crippen LogP contribution in [0.25, 0.3) is 0 Å². The molecule has 1 aromatic carbocycles. The summed E-state index contributed by atoms with van der Waals surface area (Å²) >= 11 is 0. The van der Waals surface area contributed by atoms with E-state index in [2.05, 4.69) is 30.8 Å². The second kappa shape index (κ2) is 13.9. The third-order valence-corrected chi connectivity index (χ3v) is 9.52. The van der Waals surface area contributed by atoms with E-state index in [4.69, 9.17) is 9.47 Å². The molecule has 1 aliphatic carbocycles. The van der Waals surface area contributed by atoms with Crippen LogP contribution in [0.2, 0.25) is 0 Å². The summed E-state index contributed by atoms with van der Waals surface area (Å²) in [5.74, 6) is 0.428. The van der Waals surface area contributed by atoms with Gasteiger partial charge in [-0.1, -0.05) is 0 Å². The Labute approximate surface area is 240 Å². The van der Waals surface area contributed by atoms with Gasteiger partial charge in [0.05, 0.1) is 37.4 Å². The molecule has 0 unspecified atom stereocenters. The second-order valence-corrected chi connectivity index (χ2v) is 12.4. The molecule has 1 aromatic heterocycles. The fraction of sp³-hybridized carbons (Fsp3) is 0.593. The number of hydrogen-bond donors (Lipinski definition) is 4. The molecular weight excluding hydrogens is 550 g/mol. The minimum Gasteiger partial charge on any atom is -0.393 e. The van der Waals surface area contributed by atoms with Crippen LogP contribution in [-0.4, -0.2) is 116 Å². The monoisotopic (exact) mass is 589 g/mol. The third-order valence-electron chi connectivity index (χ3n) is 7.61. The van der Waals surface area contributed by atoms with Gasteiger partial charge in [-0.2, -0.15) is 9.29 Å². The summed E-state index contributed by atoms with van der Waals surface area (Å²) in [4.78, 5) is 24.8. The number of rotatable bonds is 10. The van der Waals surface area contributed by atoms with Gasteiger partial charge in [-0.15, -0.1) is 0 Å². The number of benzene rings is 1. The molecule has 13 nitrogen and oxygen atoms in total. The van der Waals surface area contributed by atoms with Crippen LogP contribution < -0.4 is 16.0 Å². The van der Waals surface area contributed by atoms with Crippen molar-refractivity contribution in [2.75, 3.05) is 81.6 Å². The first-order valence-corrected chi connectivity index (χ1v) is 15.7. The van der Waals surface area contributed by atoms with Crippen molar-refractivity contribution < 1.29 is 27.8 Å². The summed E-state index contributed by atoms with van der Waals surface area (Å²) in [7, 11) is -3.63. The van der Waals surface area contributed by atoms with Gasteiger partial charge in [0.2, 0.25) is 16.0 Å². The lowest BCUT2D eigenvalue weighted by Gasteiger charge is -2.27. The highest BCUT2D eigenvalue weighted by Gasteiger charge is 2.27. The molecule has 0 atom stereocenters. The van der Waals surface area contributed by atoms with E-state index >= 15 is 0 Å². The number of aromatic nitrogens is 2. The van der Waals surface area contributed by atoms with E-state index < -0.39 is 15.9 Å². The molecule has 3 fully saturated rings. The Morgan fingerprint density at radius 2 is 1.63 bits per heavy atom. The molecule has 2 aliphatic heterocycles. The number of hydrogen-bond acceptors (Lipinski definition) is 11. The van der Waals surface area contributed by atoms with Gasteiger partial charge in [0.15, 0.2) is 0 Å². The number of amides is 1. The number of morpholine rings is 2. The largest absolute Gasteiger partial charge is 0.393 e. The lowest BCUT2D eigenvalue weighted by atomic mass is 9.93. The summed E-state index contributed by atoms with van der Waals surface area (Å²) in [5.41, 5.74) is 0.732. The highest BCUT2D eigenvalue weighted by molar-refractivity contribution is 7.89. The number of carbonyl (C=O) groups is 1. The Bertz CT molecular complexity index is 1260. The number of aliphatic hydroxyl groups excluding tert-OH is 1. The summed E-state index contributed by atoms with van der Waals surface area (Å²) < 4.78 is 37.9. The summed E-state index contributed by atoms with van der Waals surface area (Å²) in [6, 6.07) is 6.20. The molecule has 1 saturated carbocycles. The lowest BCUT2D eigenvalue weighted by Crippen LogP contribution is -2.40. The van der Waals surface area contributed by atoms with Gasteiger partial charge in [0.1, 0.15) is 11.4 Å². The molecular formula is C27H39N7O6S. The van der Waals surface area contributed by atoms with Gasteiger partial charge in [0.25, 0.3) is 5.91 Å². The molecule has 4 N–H and O–H groups in total. The molecule has 5 rings (SSSR count). The van der Waals surface area contributed by atoms with Crippen molar-refractivity contribution in [3.8, 4) is 0 Å². The summed E-state index contributed by atoms with van der Waals surface area (Å²) in [6.45, 7) is 6.10. The standard InChI is InChI=1S/C27H39N7O6S/c35-22-5-1-20(2-6-22)30-25-24(19-29-27(32-25)28-9-10-33-11-15-39-16-12-33)26(36)31-21-3-7-23(8-4-21)41(37,38)34-13-17-40-18-14-34/h3-4,7-8,19-20,22,35H,1-2,5-6,9-18H2,(H,31,36)(H2,28,29,30,32). The predicted octanol–water partition coefficient (Wildman–Crippen LogP) is 1.21. The maximum absolute atomic E-state index is 13.3. The zero-order valence-corrected chi connectivity index (χ0v) is 23.9. The molecule has 1 amide bonds. The van der Waals surface area contributed by atoms with Gasteiger partial charge in [-0.3, -0.25) is 9.69 Å². The van der Waals surface area contributed by atoms with E-state index in [1.54, 1.807) is 12.1 Å². The van der Waals surface area contributed by atoms with Crippen LogP contribution in [-0.2, 0) is 19.5 Å². The van der Waals surface area contributed by atoms with Gasteiger partial charge in [-0.05, 0) is 49.9 Å². The minimum atomic E-state index is -3.63. The normalized spacial score (nSPS) is 22.7. The van der Waals surface area contributed by atoms with Crippen molar-refractivity contribution >= 4 is 33.4 Å². The topological polar surface area (TPSA) is 158 Å². The highest BCUT2D eigenvalue weighted by Crippen LogP contribution is 2.25. The zero-order valence-electron chi connectivity index (χ0n) is 23.1. The minimum absolute atomic E-state index is 0.0747. The summed E-state index contributed by atoms with van der Waals surface area (Å²) in [5, 5.41) is 19.4. The van der Waals surface area contributed by atoms with E-state index in [0.717, 1.165) is 45.7 Å². The third kappa shape index (κ3) is 7.90. The van der Waals surface area contributed by atoms with Crippen LogP contribution in [0.1, 0.15) is 36.0 Å². The van der Waals surface area contributed by atoms with E-state index in [9.17, 15) is 18.3 Å². The van der Waals surface area contributed by atoms with E-state index in [0.29, 0.717) is 63.1 Å². The number of nitrogens with zero attached hydrogens (tertiary/aromatic N) is 4. The number of carbonyl (C=O) groups excluding carboxylic acids is 1. The first kappa shape index (κ1) is 29.6. The number of nitrogens with one attached hydrogen (secondary N) is 3. The van der Waals surface area contributed by atoms with Crippen LogP contribution >= 0.6 is 0 Å².